The number of amides is 3. The number of halogens is 1. The number of nitrogens with zero attached hydrogens (tertiary/aromatic N) is 1. The van der Waals surface area contributed by atoms with Crippen molar-refractivity contribution in [1.82, 2.24) is 4.98 Å². The number of carbonyl (C=O) groups is 2. The molecule has 8 heteroatoms. The highest BCUT2D eigenvalue weighted by Gasteiger charge is 2.15. The Balaban J connectivity index is 1.74. The van der Waals surface area contributed by atoms with Gasteiger partial charge in [-0.25, -0.2) is 14.2 Å². The summed E-state index contributed by atoms with van der Waals surface area (Å²) in [4.78, 5) is 27.6. The molecule has 7 nitrogen and oxygen atoms in total. The van der Waals surface area contributed by atoms with Crippen molar-refractivity contribution in [2.45, 2.75) is 6.61 Å². The lowest BCUT2D eigenvalue weighted by molar-refractivity contribution is 0.102. The maximum atomic E-state index is 13.7. The van der Waals surface area contributed by atoms with Gasteiger partial charge >= 0.3 is 6.03 Å². The third-order valence-electron chi connectivity index (χ3n) is 3.73. The van der Waals surface area contributed by atoms with Crippen LogP contribution in [-0.4, -0.2) is 16.9 Å². The molecular weight excluding hydrogens is 363 g/mol. The van der Waals surface area contributed by atoms with E-state index >= 15 is 0 Å². The van der Waals surface area contributed by atoms with E-state index in [2.05, 4.69) is 15.6 Å². The summed E-state index contributed by atoms with van der Waals surface area (Å²) in [6.45, 7) is -0.0675. The molecule has 1 aromatic heterocycles. The Morgan fingerprint density at radius 2 is 1.75 bits per heavy atom. The first-order chi connectivity index (χ1) is 13.5. The quantitative estimate of drug-likeness (QED) is 0.608. The second-order valence-electron chi connectivity index (χ2n) is 5.76. The molecule has 0 bridgehead atoms. The highest BCUT2D eigenvalue weighted by atomic mass is 19.1. The van der Waals surface area contributed by atoms with Crippen LogP contribution in [0.25, 0.3) is 0 Å². The van der Waals surface area contributed by atoms with Gasteiger partial charge in [0.05, 0.1) is 0 Å². The minimum atomic E-state index is -0.709. The predicted octanol–water partition coefficient (Wildman–Crippen LogP) is 3.54. The first kappa shape index (κ1) is 18.8. The van der Waals surface area contributed by atoms with Gasteiger partial charge in [-0.2, -0.15) is 0 Å². The van der Waals surface area contributed by atoms with Crippen LogP contribution in [0.1, 0.15) is 15.9 Å². The van der Waals surface area contributed by atoms with Crippen molar-refractivity contribution in [3.63, 3.8) is 0 Å². The molecule has 0 saturated heterocycles. The molecule has 3 rings (SSSR count). The molecule has 0 radical (unpaired) electrons. The van der Waals surface area contributed by atoms with E-state index in [9.17, 15) is 14.0 Å². The summed E-state index contributed by atoms with van der Waals surface area (Å²) < 4.78 is 19.3. The SMILES string of the molecule is NC(=O)Nc1cccc(NC(=O)c2cccnc2OCc2ccccc2F)c1. The third-order valence-corrected chi connectivity index (χ3v) is 3.73. The topological polar surface area (TPSA) is 106 Å². The van der Waals surface area contributed by atoms with E-state index in [1.165, 1.54) is 12.3 Å². The average molecular weight is 380 g/mol. The van der Waals surface area contributed by atoms with Crippen LogP contribution in [-0.2, 0) is 6.61 Å². The molecule has 0 unspecified atom stereocenters. The monoisotopic (exact) mass is 380 g/mol. The number of hydrogen-bond acceptors (Lipinski definition) is 4. The van der Waals surface area contributed by atoms with Crippen molar-refractivity contribution in [3.05, 3.63) is 83.8 Å². The van der Waals surface area contributed by atoms with Crippen LogP contribution >= 0.6 is 0 Å². The van der Waals surface area contributed by atoms with Crippen LogP contribution in [0.3, 0.4) is 0 Å². The summed E-state index contributed by atoms with van der Waals surface area (Å²) in [7, 11) is 0. The van der Waals surface area contributed by atoms with Crippen LogP contribution in [0, 0.1) is 5.82 Å². The smallest absolute Gasteiger partial charge is 0.316 e. The molecule has 0 aliphatic heterocycles. The number of carbonyl (C=O) groups excluding carboxylic acids is 2. The Hall–Kier alpha value is -3.94. The number of hydrogen-bond donors (Lipinski definition) is 3. The van der Waals surface area contributed by atoms with E-state index in [1.807, 2.05) is 0 Å². The zero-order valence-corrected chi connectivity index (χ0v) is 14.7. The third kappa shape index (κ3) is 4.82. The van der Waals surface area contributed by atoms with Gasteiger partial charge in [0.1, 0.15) is 18.0 Å². The second kappa shape index (κ2) is 8.63. The summed E-state index contributed by atoms with van der Waals surface area (Å²) in [5.41, 5.74) is 6.51. The molecule has 4 N–H and O–H groups in total. The first-order valence-electron chi connectivity index (χ1n) is 8.32. The number of pyridine rings is 1. The minimum absolute atomic E-state index is 0.0675. The van der Waals surface area contributed by atoms with Crippen molar-refractivity contribution in [2.24, 2.45) is 5.73 Å². The van der Waals surface area contributed by atoms with E-state index in [4.69, 9.17) is 10.5 Å². The number of benzene rings is 2. The lowest BCUT2D eigenvalue weighted by Gasteiger charge is -2.11. The van der Waals surface area contributed by atoms with Crippen LogP contribution in [0.2, 0.25) is 0 Å². The van der Waals surface area contributed by atoms with Crippen molar-refractivity contribution in [2.75, 3.05) is 10.6 Å². The summed E-state index contributed by atoms with van der Waals surface area (Å²) in [6.07, 6.45) is 1.48. The number of nitrogens with one attached hydrogen (secondary N) is 2. The highest BCUT2D eigenvalue weighted by molar-refractivity contribution is 6.06. The van der Waals surface area contributed by atoms with Crippen LogP contribution in [0.15, 0.2) is 66.9 Å². The van der Waals surface area contributed by atoms with Gasteiger partial charge in [-0.1, -0.05) is 24.3 Å². The Morgan fingerprint density at radius 3 is 2.50 bits per heavy atom. The maximum Gasteiger partial charge on any atom is 0.316 e. The summed E-state index contributed by atoms with van der Waals surface area (Å²) in [5.74, 6) is -0.786. The normalized spacial score (nSPS) is 10.2. The predicted molar refractivity (Wildman–Crippen MR) is 103 cm³/mol. The Kier molecular flexibility index (Phi) is 5.81. The lowest BCUT2D eigenvalue weighted by atomic mass is 10.2. The number of primary amides is 1. The van der Waals surface area contributed by atoms with E-state index < -0.39 is 17.8 Å². The first-order valence-corrected chi connectivity index (χ1v) is 8.32. The zero-order chi connectivity index (χ0) is 19.9. The Morgan fingerprint density at radius 1 is 1.00 bits per heavy atom. The fourth-order valence-corrected chi connectivity index (χ4v) is 2.46. The molecule has 28 heavy (non-hydrogen) atoms. The molecule has 2 aromatic carbocycles. The van der Waals surface area contributed by atoms with Gasteiger partial charge in [-0.3, -0.25) is 4.79 Å². The highest BCUT2D eigenvalue weighted by Crippen LogP contribution is 2.20. The number of aromatic nitrogens is 1. The lowest BCUT2D eigenvalue weighted by Crippen LogP contribution is -2.19. The standard InChI is InChI=1S/C20H17FN4O3/c21-17-9-2-1-5-13(17)12-28-19-16(8-4-10-23-19)18(26)24-14-6-3-7-15(11-14)25-20(22)27/h1-11H,12H2,(H,24,26)(H3,22,25,27). The molecule has 1 heterocycles. The number of rotatable bonds is 6. The van der Waals surface area contributed by atoms with Crippen molar-refractivity contribution < 1.29 is 18.7 Å². The summed E-state index contributed by atoms with van der Waals surface area (Å²) in [5, 5.41) is 5.13. The average Bonchev–Trinajstić information content (AvgIpc) is 2.67. The fraction of sp³-hybridized carbons (Fsp3) is 0.0500. The van der Waals surface area contributed by atoms with Gasteiger partial charge in [0.25, 0.3) is 5.91 Å². The maximum absolute atomic E-state index is 13.7. The number of urea groups is 1. The van der Waals surface area contributed by atoms with Crippen molar-refractivity contribution >= 4 is 23.3 Å². The number of anilines is 2. The van der Waals surface area contributed by atoms with E-state index in [1.54, 1.807) is 54.6 Å². The van der Waals surface area contributed by atoms with Gasteiger partial charge in [0, 0.05) is 23.1 Å². The largest absolute Gasteiger partial charge is 0.472 e. The molecule has 0 fully saturated rings. The van der Waals surface area contributed by atoms with Crippen LogP contribution < -0.4 is 21.1 Å². The van der Waals surface area contributed by atoms with Gasteiger partial charge in [0.15, 0.2) is 0 Å². The molecule has 0 spiro atoms. The van der Waals surface area contributed by atoms with Crippen LogP contribution in [0.4, 0.5) is 20.6 Å². The second-order valence-corrected chi connectivity index (χ2v) is 5.76. The molecule has 0 aliphatic rings. The molecule has 0 aliphatic carbocycles. The fourth-order valence-electron chi connectivity index (χ4n) is 2.46. The molecule has 3 aromatic rings. The molecular formula is C20H17FN4O3. The summed E-state index contributed by atoms with van der Waals surface area (Å²) in [6, 6.07) is 15.1. The summed E-state index contributed by atoms with van der Waals surface area (Å²) >= 11 is 0. The molecule has 3 amide bonds. The van der Waals surface area contributed by atoms with Gasteiger partial charge < -0.3 is 21.1 Å². The van der Waals surface area contributed by atoms with E-state index in [0.29, 0.717) is 16.9 Å². The molecule has 0 atom stereocenters. The minimum Gasteiger partial charge on any atom is -0.472 e. The molecule has 0 saturated carbocycles. The number of ether oxygens (including phenoxy) is 1. The van der Waals surface area contributed by atoms with Crippen molar-refractivity contribution in [3.8, 4) is 5.88 Å². The Labute approximate surface area is 160 Å². The van der Waals surface area contributed by atoms with Crippen molar-refractivity contribution in [1.29, 1.82) is 0 Å². The van der Waals surface area contributed by atoms with E-state index in [-0.39, 0.29) is 18.1 Å². The van der Waals surface area contributed by atoms with Gasteiger partial charge in [0.2, 0.25) is 5.88 Å². The zero-order valence-electron chi connectivity index (χ0n) is 14.7. The van der Waals surface area contributed by atoms with Gasteiger partial charge in [-0.15, -0.1) is 0 Å². The number of nitrogens with two attached hydrogens (primary N) is 1. The molecule has 142 valence electrons. The van der Waals surface area contributed by atoms with E-state index in [0.717, 1.165) is 0 Å². The Bertz CT molecular complexity index is 1010. The van der Waals surface area contributed by atoms with Gasteiger partial charge in [-0.05, 0) is 36.4 Å². The van der Waals surface area contributed by atoms with Crippen LogP contribution in [0.5, 0.6) is 5.88 Å².